The van der Waals surface area contributed by atoms with E-state index in [9.17, 15) is 0 Å². The van der Waals surface area contributed by atoms with E-state index in [4.69, 9.17) is 10.5 Å². The van der Waals surface area contributed by atoms with E-state index in [0.717, 1.165) is 18.4 Å². The van der Waals surface area contributed by atoms with Gasteiger partial charge in [-0.3, -0.25) is 0 Å². The monoisotopic (exact) mass is 170 g/mol. The number of hydrogen-bond donors (Lipinski definition) is 0. The molecule has 0 fully saturated rings. The molecule has 0 aromatic heterocycles. The molecule has 0 unspecified atom stereocenters. The number of hydrogen-bond acceptors (Lipinski definition) is 2. The molecular formula is C11H10N2. The summed E-state index contributed by atoms with van der Waals surface area (Å²) in [6.45, 7) is 2.09. The number of nitrogens with zero attached hydrogens (tertiary/aromatic N) is 2. The van der Waals surface area contributed by atoms with Gasteiger partial charge in [0.15, 0.2) is 0 Å². The molecule has 0 amide bonds. The van der Waals surface area contributed by atoms with Crippen molar-refractivity contribution in [2.75, 3.05) is 0 Å². The Morgan fingerprint density at radius 2 is 1.85 bits per heavy atom. The maximum absolute atomic E-state index is 8.74. The van der Waals surface area contributed by atoms with Gasteiger partial charge in [-0.05, 0) is 24.1 Å². The van der Waals surface area contributed by atoms with Crippen molar-refractivity contribution in [2.24, 2.45) is 0 Å². The molecule has 0 atom stereocenters. The summed E-state index contributed by atoms with van der Waals surface area (Å²) in [6, 6.07) is 9.43. The molecular weight excluding hydrogens is 160 g/mol. The second-order valence-electron chi connectivity index (χ2n) is 2.85. The molecule has 0 N–H and O–H groups in total. The van der Waals surface area contributed by atoms with Gasteiger partial charge in [-0.15, -0.1) is 0 Å². The first-order valence-electron chi connectivity index (χ1n) is 4.25. The van der Waals surface area contributed by atoms with Gasteiger partial charge in [0.1, 0.15) is 12.1 Å². The summed E-state index contributed by atoms with van der Waals surface area (Å²) >= 11 is 0. The van der Waals surface area contributed by atoms with E-state index in [0.29, 0.717) is 11.1 Å². The second kappa shape index (κ2) is 4.28. The van der Waals surface area contributed by atoms with Crippen molar-refractivity contribution < 1.29 is 0 Å². The number of aryl methyl sites for hydroxylation is 1. The van der Waals surface area contributed by atoms with Crippen LogP contribution in [0.3, 0.4) is 0 Å². The largest absolute Gasteiger partial charge is 0.192 e. The summed E-state index contributed by atoms with van der Waals surface area (Å²) in [6.07, 6.45) is 2.01. The molecule has 1 aromatic rings. The highest BCUT2D eigenvalue weighted by molar-refractivity contribution is 5.47. The van der Waals surface area contributed by atoms with Crippen LogP contribution in [0.25, 0.3) is 0 Å². The summed E-state index contributed by atoms with van der Waals surface area (Å²) in [4.78, 5) is 0. The van der Waals surface area contributed by atoms with E-state index in [1.54, 1.807) is 12.1 Å². The first-order valence-corrected chi connectivity index (χ1v) is 4.25. The molecule has 0 spiro atoms. The highest BCUT2D eigenvalue weighted by atomic mass is 14.3. The Balaban J connectivity index is 3.09. The fourth-order valence-electron chi connectivity index (χ4n) is 1.23. The molecule has 0 bridgehead atoms. The highest BCUT2D eigenvalue weighted by Crippen LogP contribution is 2.11. The summed E-state index contributed by atoms with van der Waals surface area (Å²) in [5.41, 5.74) is 2.06. The molecule has 0 saturated heterocycles. The third-order valence-corrected chi connectivity index (χ3v) is 1.86. The van der Waals surface area contributed by atoms with Crippen LogP contribution in [0.1, 0.15) is 30.0 Å². The van der Waals surface area contributed by atoms with Crippen LogP contribution in [0, 0.1) is 22.7 Å². The first kappa shape index (κ1) is 9.29. The zero-order chi connectivity index (χ0) is 9.68. The third kappa shape index (κ3) is 2.07. The Hall–Kier alpha value is -1.80. The van der Waals surface area contributed by atoms with Gasteiger partial charge in [-0.25, -0.2) is 0 Å². The Kier molecular flexibility index (Phi) is 3.06. The summed E-state index contributed by atoms with van der Waals surface area (Å²) in [7, 11) is 0. The van der Waals surface area contributed by atoms with Crippen LogP contribution in [0.2, 0.25) is 0 Å². The predicted molar refractivity (Wildman–Crippen MR) is 49.9 cm³/mol. The molecule has 0 radical (unpaired) electrons. The maximum atomic E-state index is 8.74. The summed E-state index contributed by atoms with van der Waals surface area (Å²) in [5.74, 6) is 0. The van der Waals surface area contributed by atoms with Crippen LogP contribution < -0.4 is 0 Å². The van der Waals surface area contributed by atoms with Gasteiger partial charge in [-0.1, -0.05) is 19.4 Å². The van der Waals surface area contributed by atoms with E-state index in [-0.39, 0.29) is 0 Å². The molecule has 0 heterocycles. The van der Waals surface area contributed by atoms with Gasteiger partial charge in [0, 0.05) is 0 Å². The maximum Gasteiger partial charge on any atom is 0.101 e. The molecule has 1 rings (SSSR count). The quantitative estimate of drug-likeness (QED) is 0.684. The van der Waals surface area contributed by atoms with E-state index in [1.165, 1.54) is 0 Å². The smallest absolute Gasteiger partial charge is 0.101 e. The van der Waals surface area contributed by atoms with Crippen LogP contribution >= 0.6 is 0 Å². The van der Waals surface area contributed by atoms with Crippen molar-refractivity contribution in [3.05, 3.63) is 34.9 Å². The fourth-order valence-corrected chi connectivity index (χ4v) is 1.23. The van der Waals surface area contributed by atoms with Gasteiger partial charge in [-0.2, -0.15) is 10.5 Å². The van der Waals surface area contributed by atoms with Gasteiger partial charge in [0.25, 0.3) is 0 Å². The van der Waals surface area contributed by atoms with Gasteiger partial charge in [0.2, 0.25) is 0 Å². The minimum Gasteiger partial charge on any atom is -0.192 e. The van der Waals surface area contributed by atoms with E-state index >= 15 is 0 Å². The van der Waals surface area contributed by atoms with Crippen molar-refractivity contribution in [2.45, 2.75) is 19.8 Å². The van der Waals surface area contributed by atoms with E-state index in [1.807, 2.05) is 18.2 Å². The molecule has 0 aliphatic heterocycles. The highest BCUT2D eigenvalue weighted by Gasteiger charge is 2.01. The van der Waals surface area contributed by atoms with Gasteiger partial charge >= 0.3 is 0 Å². The van der Waals surface area contributed by atoms with Crippen LogP contribution in [0.15, 0.2) is 18.2 Å². The SMILES string of the molecule is CCCc1ccc(C#N)c(C#N)c1. The van der Waals surface area contributed by atoms with Crippen molar-refractivity contribution in [3.63, 3.8) is 0 Å². The normalized spacial score (nSPS) is 8.85. The van der Waals surface area contributed by atoms with Crippen molar-refractivity contribution in [3.8, 4) is 12.1 Å². The third-order valence-electron chi connectivity index (χ3n) is 1.86. The zero-order valence-corrected chi connectivity index (χ0v) is 7.54. The lowest BCUT2D eigenvalue weighted by atomic mass is 10.0. The Bertz CT molecular complexity index is 380. The first-order chi connectivity index (χ1) is 6.31. The topological polar surface area (TPSA) is 47.6 Å². The lowest BCUT2D eigenvalue weighted by Crippen LogP contribution is -1.88. The average molecular weight is 170 g/mol. The van der Waals surface area contributed by atoms with Crippen LogP contribution in [-0.2, 0) is 6.42 Å². The standard InChI is InChI=1S/C11H10N2/c1-2-3-9-4-5-10(7-12)11(6-9)8-13/h4-6H,2-3H2,1H3. The van der Waals surface area contributed by atoms with Crippen molar-refractivity contribution in [1.29, 1.82) is 10.5 Å². The fraction of sp³-hybridized carbons (Fsp3) is 0.273. The lowest BCUT2D eigenvalue weighted by Gasteiger charge is -1.99. The van der Waals surface area contributed by atoms with Crippen LogP contribution in [0.5, 0.6) is 0 Å². The molecule has 2 nitrogen and oxygen atoms in total. The number of benzene rings is 1. The molecule has 64 valence electrons. The molecule has 1 aromatic carbocycles. The Morgan fingerprint density at radius 3 is 2.38 bits per heavy atom. The molecule has 13 heavy (non-hydrogen) atoms. The number of rotatable bonds is 2. The Labute approximate surface area is 78.0 Å². The second-order valence-corrected chi connectivity index (χ2v) is 2.85. The van der Waals surface area contributed by atoms with Crippen molar-refractivity contribution in [1.82, 2.24) is 0 Å². The van der Waals surface area contributed by atoms with Crippen LogP contribution in [-0.4, -0.2) is 0 Å². The lowest BCUT2D eigenvalue weighted by molar-refractivity contribution is 0.921. The minimum atomic E-state index is 0.461. The average Bonchev–Trinajstić information content (AvgIpc) is 2.18. The van der Waals surface area contributed by atoms with E-state index in [2.05, 4.69) is 6.92 Å². The zero-order valence-electron chi connectivity index (χ0n) is 7.54. The molecule has 2 heteroatoms. The Morgan fingerprint density at radius 1 is 1.15 bits per heavy atom. The summed E-state index contributed by atoms with van der Waals surface area (Å²) in [5, 5.41) is 17.4. The van der Waals surface area contributed by atoms with Gasteiger partial charge in [0.05, 0.1) is 11.1 Å². The van der Waals surface area contributed by atoms with Crippen LogP contribution in [0.4, 0.5) is 0 Å². The molecule has 0 aliphatic carbocycles. The number of nitriles is 2. The summed E-state index contributed by atoms with van der Waals surface area (Å²) < 4.78 is 0. The van der Waals surface area contributed by atoms with Gasteiger partial charge < -0.3 is 0 Å². The molecule has 0 saturated carbocycles. The van der Waals surface area contributed by atoms with E-state index < -0.39 is 0 Å². The molecule has 0 aliphatic rings. The van der Waals surface area contributed by atoms with Crippen molar-refractivity contribution >= 4 is 0 Å². The predicted octanol–water partition coefficient (Wildman–Crippen LogP) is 2.38. The minimum absolute atomic E-state index is 0.461.